The zero-order valence-electron chi connectivity index (χ0n) is 8.96. The van der Waals surface area contributed by atoms with Crippen LogP contribution in [0.5, 0.6) is 0 Å². The lowest BCUT2D eigenvalue weighted by Crippen LogP contribution is -2.33. The van der Waals surface area contributed by atoms with Crippen molar-refractivity contribution in [1.29, 1.82) is 0 Å². The van der Waals surface area contributed by atoms with E-state index in [1.165, 1.54) is 6.07 Å². The van der Waals surface area contributed by atoms with Gasteiger partial charge in [-0.25, -0.2) is 4.39 Å². The van der Waals surface area contributed by atoms with Gasteiger partial charge in [0.2, 0.25) is 0 Å². The number of hydrogen-bond donors (Lipinski definition) is 3. The molecule has 0 saturated heterocycles. The van der Waals surface area contributed by atoms with E-state index in [9.17, 15) is 4.39 Å². The van der Waals surface area contributed by atoms with Gasteiger partial charge < -0.3 is 16.3 Å². The molecule has 1 aromatic carbocycles. The zero-order chi connectivity index (χ0) is 12.3. The van der Waals surface area contributed by atoms with Gasteiger partial charge in [-0.1, -0.05) is 5.16 Å². The number of rotatable bonds is 3. The molecular weight excluding hydrogens is 277 g/mol. The maximum Gasteiger partial charge on any atom is 0.161 e. The van der Waals surface area contributed by atoms with Gasteiger partial charge in [0, 0.05) is 5.69 Å². The minimum absolute atomic E-state index is 0.0442. The fourth-order valence-corrected chi connectivity index (χ4v) is 1.65. The number of nitrogens with zero attached hydrogens (tertiary/aromatic N) is 1. The molecule has 0 amide bonds. The Bertz CT molecular complexity index is 423. The van der Waals surface area contributed by atoms with Crippen molar-refractivity contribution in [2.24, 2.45) is 10.9 Å². The van der Waals surface area contributed by atoms with Crippen LogP contribution in [0.25, 0.3) is 0 Å². The summed E-state index contributed by atoms with van der Waals surface area (Å²) < 4.78 is 13.7. The predicted octanol–water partition coefficient (Wildman–Crippen LogP) is 2.44. The van der Waals surface area contributed by atoms with Gasteiger partial charge in [0.15, 0.2) is 5.84 Å². The van der Waals surface area contributed by atoms with Gasteiger partial charge in [0.05, 0.1) is 10.5 Å². The first-order valence-electron chi connectivity index (χ1n) is 4.65. The summed E-state index contributed by atoms with van der Waals surface area (Å²) in [5.74, 6) is -0.317. The van der Waals surface area contributed by atoms with E-state index in [0.29, 0.717) is 10.2 Å². The van der Waals surface area contributed by atoms with Crippen LogP contribution in [0.2, 0.25) is 0 Å². The number of halogens is 2. The maximum absolute atomic E-state index is 13.3. The molecule has 0 radical (unpaired) electrons. The van der Waals surface area contributed by atoms with Gasteiger partial charge in [0.25, 0.3) is 0 Å². The van der Waals surface area contributed by atoms with Crippen LogP contribution in [0.15, 0.2) is 21.8 Å². The lowest BCUT2D eigenvalue weighted by Gasteiger charge is -2.16. The molecular formula is C10H13BrFN3O. The molecule has 0 aromatic heterocycles. The summed E-state index contributed by atoms with van der Waals surface area (Å²) >= 11 is 3.10. The van der Waals surface area contributed by atoms with Crippen molar-refractivity contribution >= 4 is 27.5 Å². The number of aryl methyl sites for hydroxylation is 1. The Morgan fingerprint density at radius 2 is 2.25 bits per heavy atom. The summed E-state index contributed by atoms with van der Waals surface area (Å²) in [5.41, 5.74) is 6.89. The highest BCUT2D eigenvalue weighted by atomic mass is 79.9. The van der Waals surface area contributed by atoms with Gasteiger partial charge in [-0.15, -0.1) is 0 Å². The lowest BCUT2D eigenvalue weighted by molar-refractivity contribution is 0.316. The highest BCUT2D eigenvalue weighted by Gasteiger charge is 2.10. The van der Waals surface area contributed by atoms with Crippen molar-refractivity contribution in [1.82, 2.24) is 0 Å². The molecule has 1 rings (SSSR count). The third-order valence-electron chi connectivity index (χ3n) is 2.20. The van der Waals surface area contributed by atoms with Crippen LogP contribution >= 0.6 is 15.9 Å². The van der Waals surface area contributed by atoms with Crippen LogP contribution in [-0.2, 0) is 0 Å². The van der Waals surface area contributed by atoms with E-state index in [1.54, 1.807) is 13.0 Å². The van der Waals surface area contributed by atoms with Crippen molar-refractivity contribution in [2.75, 3.05) is 5.32 Å². The molecule has 1 unspecified atom stereocenters. The largest absolute Gasteiger partial charge is 0.409 e. The quantitative estimate of drug-likeness (QED) is 0.346. The first-order chi connectivity index (χ1) is 7.45. The second-order valence-corrected chi connectivity index (χ2v) is 4.33. The van der Waals surface area contributed by atoms with E-state index in [0.717, 1.165) is 5.56 Å². The first-order valence-corrected chi connectivity index (χ1v) is 5.44. The summed E-state index contributed by atoms with van der Waals surface area (Å²) in [4.78, 5) is 0. The van der Waals surface area contributed by atoms with E-state index in [1.807, 2.05) is 6.92 Å². The van der Waals surface area contributed by atoms with Crippen molar-refractivity contribution < 1.29 is 9.60 Å². The Kier molecular flexibility index (Phi) is 4.12. The van der Waals surface area contributed by atoms with E-state index in [-0.39, 0.29) is 17.7 Å². The molecule has 1 atom stereocenters. The topological polar surface area (TPSA) is 70.6 Å². The molecule has 16 heavy (non-hydrogen) atoms. The summed E-state index contributed by atoms with van der Waals surface area (Å²) in [5, 5.41) is 14.3. The first kappa shape index (κ1) is 12.8. The zero-order valence-corrected chi connectivity index (χ0v) is 10.5. The molecule has 0 aliphatic carbocycles. The van der Waals surface area contributed by atoms with Gasteiger partial charge in [0.1, 0.15) is 5.82 Å². The molecule has 1 aromatic rings. The molecule has 0 fully saturated rings. The van der Waals surface area contributed by atoms with Crippen LogP contribution in [-0.4, -0.2) is 17.1 Å². The highest BCUT2D eigenvalue weighted by Crippen LogP contribution is 2.24. The molecule has 6 heteroatoms. The molecule has 0 heterocycles. The van der Waals surface area contributed by atoms with Gasteiger partial charge >= 0.3 is 0 Å². The number of oxime groups is 1. The summed E-state index contributed by atoms with van der Waals surface area (Å²) in [6.07, 6.45) is 0. The maximum atomic E-state index is 13.3. The minimum atomic E-state index is -0.371. The molecule has 4 N–H and O–H groups in total. The van der Waals surface area contributed by atoms with Crippen LogP contribution in [0.3, 0.4) is 0 Å². The minimum Gasteiger partial charge on any atom is -0.409 e. The number of nitrogens with one attached hydrogen (secondary N) is 1. The Morgan fingerprint density at radius 1 is 1.62 bits per heavy atom. The van der Waals surface area contributed by atoms with Gasteiger partial charge in [-0.3, -0.25) is 0 Å². The van der Waals surface area contributed by atoms with Gasteiger partial charge in [-0.2, -0.15) is 0 Å². The SMILES string of the molecule is Cc1cc(Br)c(F)cc1NC(C)/C(N)=N/O. The van der Waals surface area contributed by atoms with Crippen LogP contribution in [0.1, 0.15) is 12.5 Å². The van der Waals surface area contributed by atoms with Crippen LogP contribution in [0.4, 0.5) is 10.1 Å². The second-order valence-electron chi connectivity index (χ2n) is 3.47. The molecule has 88 valence electrons. The van der Waals surface area contributed by atoms with E-state index in [2.05, 4.69) is 26.4 Å². The highest BCUT2D eigenvalue weighted by molar-refractivity contribution is 9.10. The predicted molar refractivity (Wildman–Crippen MR) is 65.3 cm³/mol. The average molecular weight is 290 g/mol. The third kappa shape index (κ3) is 2.85. The van der Waals surface area contributed by atoms with Crippen molar-refractivity contribution in [3.63, 3.8) is 0 Å². The number of anilines is 1. The smallest absolute Gasteiger partial charge is 0.161 e. The Morgan fingerprint density at radius 3 is 2.81 bits per heavy atom. The molecule has 0 bridgehead atoms. The van der Waals surface area contributed by atoms with Crippen LogP contribution < -0.4 is 11.1 Å². The second kappa shape index (κ2) is 5.16. The molecule has 0 spiro atoms. The standard InChI is InChI=1S/C10H13BrFN3O/c1-5-3-7(11)8(12)4-9(5)14-6(2)10(13)15-16/h3-4,6,14,16H,1-2H3,(H2,13,15). The molecule has 0 saturated carbocycles. The van der Waals surface area contributed by atoms with E-state index < -0.39 is 0 Å². The van der Waals surface area contributed by atoms with Gasteiger partial charge in [-0.05, 0) is 47.5 Å². The van der Waals surface area contributed by atoms with Crippen molar-refractivity contribution in [3.05, 3.63) is 28.0 Å². The fraction of sp³-hybridized carbons (Fsp3) is 0.300. The normalized spacial score (nSPS) is 13.6. The Labute approximate surface area is 101 Å². The summed E-state index contributed by atoms with van der Waals surface area (Å²) in [7, 11) is 0. The number of benzene rings is 1. The monoisotopic (exact) mass is 289 g/mol. The molecule has 4 nitrogen and oxygen atoms in total. The summed E-state index contributed by atoms with van der Waals surface area (Å²) in [6, 6.07) is 2.65. The van der Waals surface area contributed by atoms with Crippen LogP contribution in [0, 0.1) is 12.7 Å². The molecule has 0 aliphatic rings. The third-order valence-corrected chi connectivity index (χ3v) is 2.81. The lowest BCUT2D eigenvalue weighted by atomic mass is 10.1. The number of nitrogens with two attached hydrogens (primary N) is 1. The summed E-state index contributed by atoms with van der Waals surface area (Å²) in [6.45, 7) is 3.56. The fourth-order valence-electron chi connectivity index (χ4n) is 1.20. The van der Waals surface area contributed by atoms with Crippen molar-refractivity contribution in [3.8, 4) is 0 Å². The Balaban J connectivity index is 2.94. The van der Waals surface area contributed by atoms with Crippen molar-refractivity contribution in [2.45, 2.75) is 19.9 Å². The number of hydrogen-bond acceptors (Lipinski definition) is 3. The average Bonchev–Trinajstić information content (AvgIpc) is 2.24. The van der Waals surface area contributed by atoms with E-state index >= 15 is 0 Å². The van der Waals surface area contributed by atoms with E-state index in [4.69, 9.17) is 10.9 Å². The molecule has 0 aliphatic heterocycles. The Hall–Kier alpha value is -1.30. The number of amidine groups is 1.